The molecule has 4 aromatic rings. The summed E-state index contributed by atoms with van der Waals surface area (Å²) in [6.07, 6.45) is 3.39. The fourth-order valence-corrected chi connectivity index (χ4v) is 4.23. The third-order valence-corrected chi connectivity index (χ3v) is 6.13. The molecule has 0 radical (unpaired) electrons. The molecule has 1 amide bonds. The first-order valence-electron chi connectivity index (χ1n) is 11.4. The molecule has 5 rings (SSSR count). The van der Waals surface area contributed by atoms with Crippen molar-refractivity contribution >= 4 is 11.6 Å². The van der Waals surface area contributed by atoms with Gasteiger partial charge in [-0.3, -0.25) is 9.78 Å². The van der Waals surface area contributed by atoms with Crippen LogP contribution >= 0.6 is 0 Å². The Morgan fingerprint density at radius 1 is 0.829 bits per heavy atom. The predicted molar refractivity (Wildman–Crippen MR) is 132 cm³/mol. The summed E-state index contributed by atoms with van der Waals surface area (Å²) in [6.45, 7) is 2.64. The largest absolute Gasteiger partial charge is 0.497 e. The molecule has 1 aliphatic rings. The summed E-state index contributed by atoms with van der Waals surface area (Å²) >= 11 is 0. The zero-order valence-corrected chi connectivity index (χ0v) is 19.7. The molecule has 1 aliphatic heterocycles. The zero-order chi connectivity index (χ0) is 24.2. The van der Waals surface area contributed by atoms with Gasteiger partial charge in [0.05, 0.1) is 19.9 Å². The number of nitrogens with zero attached hydrogens (tertiary/aromatic N) is 6. The lowest BCUT2D eigenvalue weighted by Crippen LogP contribution is -2.49. The molecule has 178 valence electrons. The number of carbonyl (C=O) groups is 1. The van der Waals surface area contributed by atoms with Crippen LogP contribution in [0.25, 0.3) is 16.9 Å². The van der Waals surface area contributed by atoms with Crippen LogP contribution in [0.1, 0.15) is 10.5 Å². The van der Waals surface area contributed by atoms with E-state index in [2.05, 4.69) is 20.2 Å². The Morgan fingerprint density at radius 3 is 2.23 bits per heavy atom. The lowest BCUT2D eigenvalue weighted by molar-refractivity contribution is 0.0741. The summed E-state index contributed by atoms with van der Waals surface area (Å²) < 4.78 is 12.3. The van der Waals surface area contributed by atoms with Crippen molar-refractivity contribution in [1.82, 2.24) is 24.9 Å². The van der Waals surface area contributed by atoms with E-state index < -0.39 is 0 Å². The van der Waals surface area contributed by atoms with Gasteiger partial charge in [0.2, 0.25) is 0 Å². The van der Waals surface area contributed by atoms with E-state index in [1.807, 2.05) is 65.6 Å². The summed E-state index contributed by atoms with van der Waals surface area (Å²) in [6, 6.07) is 19.2. The van der Waals surface area contributed by atoms with Crippen molar-refractivity contribution in [2.24, 2.45) is 0 Å². The van der Waals surface area contributed by atoms with Crippen LogP contribution in [-0.2, 0) is 0 Å². The van der Waals surface area contributed by atoms with Crippen LogP contribution in [0.2, 0.25) is 0 Å². The van der Waals surface area contributed by atoms with Crippen LogP contribution < -0.4 is 14.4 Å². The van der Waals surface area contributed by atoms with E-state index in [1.165, 1.54) is 0 Å². The van der Waals surface area contributed by atoms with Crippen molar-refractivity contribution in [3.05, 3.63) is 78.8 Å². The zero-order valence-electron chi connectivity index (χ0n) is 19.7. The van der Waals surface area contributed by atoms with Crippen molar-refractivity contribution in [3.8, 4) is 28.4 Å². The number of hydrogen-bond acceptors (Lipinski definition) is 7. The highest BCUT2D eigenvalue weighted by Gasteiger charge is 2.29. The van der Waals surface area contributed by atoms with E-state index >= 15 is 0 Å². The van der Waals surface area contributed by atoms with E-state index in [0.29, 0.717) is 30.2 Å². The molecule has 35 heavy (non-hydrogen) atoms. The summed E-state index contributed by atoms with van der Waals surface area (Å²) in [5.41, 5.74) is 3.62. The first-order chi connectivity index (χ1) is 17.2. The van der Waals surface area contributed by atoms with Gasteiger partial charge in [-0.15, -0.1) is 5.10 Å². The molecule has 0 N–H and O–H groups in total. The van der Waals surface area contributed by atoms with Gasteiger partial charge < -0.3 is 19.3 Å². The van der Waals surface area contributed by atoms with E-state index in [4.69, 9.17) is 9.47 Å². The van der Waals surface area contributed by atoms with Gasteiger partial charge in [-0.2, -0.15) is 0 Å². The van der Waals surface area contributed by atoms with E-state index in [1.54, 1.807) is 31.3 Å². The van der Waals surface area contributed by atoms with Crippen LogP contribution in [0.4, 0.5) is 5.69 Å². The van der Waals surface area contributed by atoms with E-state index in [-0.39, 0.29) is 5.91 Å². The van der Waals surface area contributed by atoms with Crippen molar-refractivity contribution in [3.63, 3.8) is 0 Å². The normalized spacial score (nSPS) is 13.5. The van der Waals surface area contributed by atoms with E-state index in [0.717, 1.165) is 35.8 Å². The Morgan fingerprint density at radius 2 is 1.54 bits per heavy atom. The van der Waals surface area contributed by atoms with Crippen LogP contribution in [-0.4, -0.2) is 71.2 Å². The van der Waals surface area contributed by atoms with Gasteiger partial charge in [0, 0.05) is 55.9 Å². The van der Waals surface area contributed by atoms with Crippen LogP contribution in [0, 0.1) is 0 Å². The lowest BCUT2D eigenvalue weighted by atomic mass is 10.1. The minimum Gasteiger partial charge on any atom is -0.497 e. The van der Waals surface area contributed by atoms with E-state index in [9.17, 15) is 4.79 Å². The molecule has 2 aromatic heterocycles. The fourth-order valence-electron chi connectivity index (χ4n) is 4.23. The number of amides is 1. The molecule has 0 atom stereocenters. The maximum absolute atomic E-state index is 13.6. The molecule has 1 saturated heterocycles. The van der Waals surface area contributed by atoms with Crippen LogP contribution in [0.3, 0.4) is 0 Å². The smallest absolute Gasteiger partial charge is 0.276 e. The Labute approximate surface area is 203 Å². The minimum atomic E-state index is -0.139. The Kier molecular flexibility index (Phi) is 6.30. The number of anilines is 1. The second-order valence-electron chi connectivity index (χ2n) is 8.11. The number of ether oxygens (including phenoxy) is 2. The molecule has 0 unspecified atom stereocenters. The predicted octanol–water partition coefficient (Wildman–Crippen LogP) is 3.31. The van der Waals surface area contributed by atoms with Gasteiger partial charge in [-0.05, 0) is 48.5 Å². The SMILES string of the molecule is COc1ccc(N2CCN(C(=O)c3nnn(-c4cccc(OC)c4)c3-c3ccncc3)CC2)cc1. The third-order valence-electron chi connectivity index (χ3n) is 6.13. The highest BCUT2D eigenvalue weighted by atomic mass is 16.5. The topological polar surface area (TPSA) is 85.6 Å². The molecule has 9 nitrogen and oxygen atoms in total. The van der Waals surface area contributed by atoms with Gasteiger partial charge in [-0.1, -0.05) is 11.3 Å². The summed E-state index contributed by atoms with van der Waals surface area (Å²) in [4.78, 5) is 21.8. The minimum absolute atomic E-state index is 0.139. The molecule has 9 heteroatoms. The number of rotatable bonds is 6. The first-order valence-corrected chi connectivity index (χ1v) is 11.4. The number of hydrogen-bond donors (Lipinski definition) is 0. The van der Waals surface area contributed by atoms with Gasteiger partial charge in [-0.25, -0.2) is 4.68 Å². The quantitative estimate of drug-likeness (QED) is 0.427. The molecule has 0 saturated carbocycles. The van der Waals surface area contributed by atoms with Crippen molar-refractivity contribution < 1.29 is 14.3 Å². The maximum Gasteiger partial charge on any atom is 0.276 e. The Bertz CT molecular complexity index is 1300. The maximum atomic E-state index is 13.6. The van der Waals surface area contributed by atoms with Crippen LogP contribution in [0.5, 0.6) is 11.5 Å². The number of methoxy groups -OCH3 is 2. The monoisotopic (exact) mass is 470 g/mol. The second-order valence-corrected chi connectivity index (χ2v) is 8.11. The number of carbonyl (C=O) groups excluding carboxylic acids is 1. The van der Waals surface area contributed by atoms with Gasteiger partial charge in [0.1, 0.15) is 17.2 Å². The Balaban J connectivity index is 1.41. The highest BCUT2D eigenvalue weighted by Crippen LogP contribution is 2.28. The molecule has 2 aromatic carbocycles. The second kappa shape index (κ2) is 9.84. The third kappa shape index (κ3) is 4.52. The van der Waals surface area contributed by atoms with Crippen molar-refractivity contribution in [1.29, 1.82) is 0 Å². The molecular weight excluding hydrogens is 444 g/mol. The molecule has 3 heterocycles. The van der Waals surface area contributed by atoms with Gasteiger partial charge >= 0.3 is 0 Å². The summed E-state index contributed by atoms with van der Waals surface area (Å²) in [7, 11) is 3.27. The Hall–Kier alpha value is -4.40. The lowest BCUT2D eigenvalue weighted by Gasteiger charge is -2.36. The molecule has 0 aliphatic carbocycles. The van der Waals surface area contributed by atoms with Gasteiger partial charge in [0.25, 0.3) is 5.91 Å². The molecular formula is C26H26N6O3. The average Bonchev–Trinajstić information content (AvgIpc) is 3.38. The van der Waals surface area contributed by atoms with Crippen molar-refractivity contribution in [2.75, 3.05) is 45.3 Å². The number of aromatic nitrogens is 4. The van der Waals surface area contributed by atoms with Crippen molar-refractivity contribution in [2.45, 2.75) is 0 Å². The number of pyridine rings is 1. The van der Waals surface area contributed by atoms with Crippen LogP contribution in [0.15, 0.2) is 73.1 Å². The molecule has 0 bridgehead atoms. The summed E-state index contributed by atoms with van der Waals surface area (Å²) in [5.74, 6) is 1.38. The average molecular weight is 471 g/mol. The standard InChI is InChI=1S/C26H26N6O3/c1-34-22-8-6-20(7-9-22)30-14-16-31(17-15-30)26(33)24-25(19-10-12-27-13-11-19)32(29-28-24)21-4-3-5-23(18-21)35-2/h3-13,18H,14-17H2,1-2H3. The summed E-state index contributed by atoms with van der Waals surface area (Å²) in [5, 5.41) is 8.68. The molecule has 0 spiro atoms. The fraction of sp³-hybridized carbons (Fsp3) is 0.231. The highest BCUT2D eigenvalue weighted by molar-refractivity contribution is 5.98. The number of benzene rings is 2. The number of piperazine rings is 1. The van der Waals surface area contributed by atoms with Gasteiger partial charge in [0.15, 0.2) is 5.69 Å². The molecule has 1 fully saturated rings. The first kappa shape index (κ1) is 22.4.